The van der Waals surface area contributed by atoms with Crippen molar-refractivity contribution in [3.8, 4) is 11.8 Å². The van der Waals surface area contributed by atoms with Crippen LogP contribution in [0.25, 0.3) is 0 Å². The van der Waals surface area contributed by atoms with E-state index in [-0.39, 0.29) is 6.04 Å². The van der Waals surface area contributed by atoms with Gasteiger partial charge in [0.1, 0.15) is 18.4 Å². The molecular formula is C16H24N2O. The molecule has 0 aliphatic heterocycles. The number of benzene rings is 1. The van der Waals surface area contributed by atoms with E-state index in [4.69, 9.17) is 10.00 Å². The van der Waals surface area contributed by atoms with Crippen LogP contribution in [-0.2, 0) is 0 Å². The first-order valence-electron chi connectivity index (χ1n) is 7.07. The number of nitrogens with zero attached hydrogens (tertiary/aromatic N) is 1. The predicted molar refractivity (Wildman–Crippen MR) is 78.3 cm³/mol. The molecule has 0 bridgehead atoms. The third-order valence-corrected chi connectivity index (χ3v) is 3.27. The van der Waals surface area contributed by atoms with Crippen LogP contribution in [0.15, 0.2) is 24.3 Å². The summed E-state index contributed by atoms with van der Waals surface area (Å²) in [4.78, 5) is 0. The number of ether oxygens (including phenoxy) is 1. The van der Waals surface area contributed by atoms with Crippen molar-refractivity contribution in [1.82, 2.24) is 5.32 Å². The molecule has 104 valence electrons. The standard InChI is InChI=1S/C16H24N2O/c1-4-10-18-15(11-17)12-19-16-8-6-14(7-9-16)13(3)5-2/h6-9,13,15,18H,4-5,10,12H2,1-3H3. The number of nitriles is 1. The van der Waals surface area contributed by atoms with Crippen molar-refractivity contribution in [3.63, 3.8) is 0 Å². The summed E-state index contributed by atoms with van der Waals surface area (Å²) in [6, 6.07) is 10.1. The molecule has 1 aromatic rings. The van der Waals surface area contributed by atoms with Crippen LogP contribution in [0.2, 0.25) is 0 Å². The lowest BCUT2D eigenvalue weighted by molar-refractivity contribution is 0.289. The van der Waals surface area contributed by atoms with Gasteiger partial charge in [0.25, 0.3) is 0 Å². The fraction of sp³-hybridized carbons (Fsp3) is 0.562. The van der Waals surface area contributed by atoms with E-state index < -0.39 is 0 Å². The molecule has 2 unspecified atom stereocenters. The van der Waals surface area contributed by atoms with Gasteiger partial charge in [0.15, 0.2) is 0 Å². The summed E-state index contributed by atoms with van der Waals surface area (Å²) >= 11 is 0. The van der Waals surface area contributed by atoms with Gasteiger partial charge in [-0.3, -0.25) is 5.32 Å². The second kappa shape index (κ2) is 8.55. The molecule has 2 atom stereocenters. The fourth-order valence-corrected chi connectivity index (χ4v) is 1.77. The molecule has 3 nitrogen and oxygen atoms in total. The Morgan fingerprint density at radius 1 is 1.26 bits per heavy atom. The van der Waals surface area contributed by atoms with Crippen molar-refractivity contribution >= 4 is 0 Å². The van der Waals surface area contributed by atoms with E-state index in [1.165, 1.54) is 5.56 Å². The van der Waals surface area contributed by atoms with Gasteiger partial charge in [0.05, 0.1) is 6.07 Å². The second-order valence-corrected chi connectivity index (χ2v) is 4.83. The Labute approximate surface area is 116 Å². The highest BCUT2D eigenvalue weighted by Crippen LogP contribution is 2.21. The minimum Gasteiger partial charge on any atom is -0.491 e. The highest BCUT2D eigenvalue weighted by atomic mass is 16.5. The van der Waals surface area contributed by atoms with Crippen LogP contribution in [0, 0.1) is 11.3 Å². The molecule has 1 rings (SSSR count). The largest absolute Gasteiger partial charge is 0.491 e. The zero-order chi connectivity index (χ0) is 14.1. The highest BCUT2D eigenvalue weighted by Gasteiger charge is 2.07. The monoisotopic (exact) mass is 260 g/mol. The maximum absolute atomic E-state index is 8.99. The van der Waals surface area contributed by atoms with Gasteiger partial charge in [-0.25, -0.2) is 0 Å². The van der Waals surface area contributed by atoms with Gasteiger partial charge in [-0.2, -0.15) is 5.26 Å². The third-order valence-electron chi connectivity index (χ3n) is 3.27. The SMILES string of the molecule is CCCNC(C#N)COc1ccc(C(C)CC)cc1. The van der Waals surface area contributed by atoms with E-state index in [0.29, 0.717) is 12.5 Å². The Morgan fingerprint density at radius 3 is 2.47 bits per heavy atom. The lowest BCUT2D eigenvalue weighted by Crippen LogP contribution is -2.33. The summed E-state index contributed by atoms with van der Waals surface area (Å²) in [5.41, 5.74) is 1.33. The summed E-state index contributed by atoms with van der Waals surface area (Å²) in [5, 5.41) is 12.1. The van der Waals surface area contributed by atoms with Crippen LogP contribution in [0.4, 0.5) is 0 Å². The molecular weight excluding hydrogens is 236 g/mol. The van der Waals surface area contributed by atoms with E-state index in [1.807, 2.05) is 12.1 Å². The molecule has 0 fully saturated rings. The molecule has 0 spiro atoms. The van der Waals surface area contributed by atoms with Gasteiger partial charge >= 0.3 is 0 Å². The van der Waals surface area contributed by atoms with Crippen LogP contribution < -0.4 is 10.1 Å². The quantitative estimate of drug-likeness (QED) is 0.778. The van der Waals surface area contributed by atoms with Gasteiger partial charge in [0, 0.05) is 0 Å². The minimum atomic E-state index is -0.241. The zero-order valence-electron chi connectivity index (χ0n) is 12.1. The molecule has 1 aromatic carbocycles. The zero-order valence-corrected chi connectivity index (χ0v) is 12.1. The first-order chi connectivity index (χ1) is 9.21. The van der Waals surface area contributed by atoms with Crippen LogP contribution in [0.1, 0.15) is 45.1 Å². The number of nitrogens with one attached hydrogen (secondary N) is 1. The van der Waals surface area contributed by atoms with Crippen molar-refractivity contribution in [3.05, 3.63) is 29.8 Å². The second-order valence-electron chi connectivity index (χ2n) is 4.83. The van der Waals surface area contributed by atoms with Crippen molar-refractivity contribution in [2.24, 2.45) is 0 Å². The molecule has 19 heavy (non-hydrogen) atoms. The summed E-state index contributed by atoms with van der Waals surface area (Å²) in [5.74, 6) is 1.40. The van der Waals surface area contributed by atoms with Crippen molar-refractivity contribution in [2.75, 3.05) is 13.2 Å². The molecule has 3 heteroatoms. The maximum Gasteiger partial charge on any atom is 0.130 e. The van der Waals surface area contributed by atoms with Crippen molar-refractivity contribution in [1.29, 1.82) is 5.26 Å². The Hall–Kier alpha value is -1.53. The molecule has 0 amide bonds. The average Bonchev–Trinajstić information content (AvgIpc) is 2.47. The highest BCUT2D eigenvalue weighted by molar-refractivity contribution is 5.29. The van der Waals surface area contributed by atoms with Crippen LogP contribution in [-0.4, -0.2) is 19.2 Å². The van der Waals surface area contributed by atoms with E-state index in [0.717, 1.165) is 25.1 Å². The number of rotatable bonds is 8. The molecule has 1 N–H and O–H groups in total. The summed E-state index contributed by atoms with van der Waals surface area (Å²) in [7, 11) is 0. The average molecular weight is 260 g/mol. The Morgan fingerprint density at radius 2 is 1.95 bits per heavy atom. The van der Waals surface area contributed by atoms with E-state index in [2.05, 4.69) is 44.3 Å². The smallest absolute Gasteiger partial charge is 0.130 e. The van der Waals surface area contributed by atoms with Crippen LogP contribution >= 0.6 is 0 Å². The first kappa shape index (κ1) is 15.5. The van der Waals surface area contributed by atoms with E-state index >= 15 is 0 Å². The van der Waals surface area contributed by atoms with Gasteiger partial charge in [0.2, 0.25) is 0 Å². The molecule has 0 aliphatic rings. The van der Waals surface area contributed by atoms with E-state index in [9.17, 15) is 0 Å². The molecule has 0 heterocycles. The first-order valence-corrected chi connectivity index (χ1v) is 7.07. The Balaban J connectivity index is 2.47. The lowest BCUT2D eigenvalue weighted by Gasteiger charge is -2.13. The molecule has 0 radical (unpaired) electrons. The molecule has 0 saturated carbocycles. The van der Waals surface area contributed by atoms with Crippen molar-refractivity contribution in [2.45, 2.75) is 45.6 Å². The summed E-state index contributed by atoms with van der Waals surface area (Å²) in [6.45, 7) is 7.71. The molecule has 0 saturated heterocycles. The van der Waals surface area contributed by atoms with Crippen molar-refractivity contribution < 1.29 is 4.74 Å². The molecule has 0 aromatic heterocycles. The summed E-state index contributed by atoms with van der Waals surface area (Å²) < 4.78 is 5.64. The van der Waals surface area contributed by atoms with Crippen LogP contribution in [0.3, 0.4) is 0 Å². The Bertz CT molecular complexity index is 394. The van der Waals surface area contributed by atoms with E-state index in [1.54, 1.807) is 0 Å². The molecule has 0 aliphatic carbocycles. The normalized spacial score (nSPS) is 13.6. The van der Waals surface area contributed by atoms with Gasteiger partial charge in [-0.1, -0.05) is 32.9 Å². The Kier molecular flexibility index (Phi) is 6.99. The maximum atomic E-state index is 8.99. The minimum absolute atomic E-state index is 0.241. The predicted octanol–water partition coefficient (Wildman–Crippen LogP) is 3.47. The lowest BCUT2D eigenvalue weighted by atomic mass is 9.99. The summed E-state index contributed by atoms with van der Waals surface area (Å²) in [6.07, 6.45) is 2.15. The number of hydrogen-bond acceptors (Lipinski definition) is 3. The number of hydrogen-bond donors (Lipinski definition) is 1. The van der Waals surface area contributed by atoms with Gasteiger partial charge < -0.3 is 4.74 Å². The van der Waals surface area contributed by atoms with Gasteiger partial charge in [-0.05, 0) is 43.0 Å². The third kappa shape index (κ3) is 5.32. The fourth-order valence-electron chi connectivity index (χ4n) is 1.77. The van der Waals surface area contributed by atoms with Crippen LogP contribution in [0.5, 0.6) is 5.75 Å². The van der Waals surface area contributed by atoms with Gasteiger partial charge in [-0.15, -0.1) is 0 Å². The topological polar surface area (TPSA) is 45.0 Å².